The summed E-state index contributed by atoms with van der Waals surface area (Å²) in [5.74, 6) is 0.0920. The number of piperidine rings is 1. The molecule has 2 aliphatic heterocycles. The van der Waals surface area contributed by atoms with Crippen molar-refractivity contribution in [3.05, 3.63) is 29.6 Å². The van der Waals surface area contributed by atoms with E-state index in [0.717, 1.165) is 44.3 Å². The van der Waals surface area contributed by atoms with E-state index in [4.69, 9.17) is 0 Å². The van der Waals surface area contributed by atoms with Crippen LogP contribution < -0.4 is 5.32 Å². The molecule has 3 rings (SSSR count). The van der Waals surface area contributed by atoms with E-state index >= 15 is 0 Å². The number of carbonyl (C=O) groups is 3. The molecule has 2 saturated heterocycles. The lowest BCUT2D eigenvalue weighted by Gasteiger charge is -2.34. The molecule has 7 nitrogen and oxygen atoms in total. The number of aromatic nitrogens is 1. The minimum Gasteiger partial charge on any atom is -0.356 e. The largest absolute Gasteiger partial charge is 0.356 e. The van der Waals surface area contributed by atoms with Crippen molar-refractivity contribution in [3.8, 4) is 0 Å². The van der Waals surface area contributed by atoms with Crippen molar-refractivity contribution >= 4 is 17.7 Å². The summed E-state index contributed by atoms with van der Waals surface area (Å²) in [6, 6.07) is 1.84. The van der Waals surface area contributed by atoms with Crippen molar-refractivity contribution in [2.24, 2.45) is 5.92 Å². The molecule has 2 fully saturated rings. The van der Waals surface area contributed by atoms with Crippen molar-refractivity contribution in [2.75, 3.05) is 32.7 Å². The van der Waals surface area contributed by atoms with Gasteiger partial charge in [0.25, 0.3) is 5.91 Å². The molecule has 2 aliphatic rings. The van der Waals surface area contributed by atoms with Crippen LogP contribution in [0.3, 0.4) is 0 Å². The molecule has 0 atom stereocenters. The maximum absolute atomic E-state index is 13.1. The van der Waals surface area contributed by atoms with Gasteiger partial charge in [0.1, 0.15) is 0 Å². The van der Waals surface area contributed by atoms with Crippen molar-refractivity contribution in [1.82, 2.24) is 20.1 Å². The van der Waals surface area contributed by atoms with Crippen LogP contribution in [0.15, 0.2) is 18.5 Å². The third-order valence-corrected chi connectivity index (χ3v) is 6.00. The van der Waals surface area contributed by atoms with Crippen LogP contribution in [0.2, 0.25) is 0 Å². The van der Waals surface area contributed by atoms with E-state index in [2.05, 4.69) is 10.3 Å². The van der Waals surface area contributed by atoms with Gasteiger partial charge in [-0.25, -0.2) is 0 Å². The van der Waals surface area contributed by atoms with Crippen LogP contribution in [-0.4, -0.2) is 65.2 Å². The Bertz CT molecular complexity index is 729. The van der Waals surface area contributed by atoms with Gasteiger partial charge in [-0.2, -0.15) is 0 Å². The Hall–Kier alpha value is -2.44. The molecular formula is C22H32N4O3. The first-order chi connectivity index (χ1) is 14.1. The first-order valence-electron chi connectivity index (χ1n) is 10.8. The van der Waals surface area contributed by atoms with Crippen LogP contribution in [0.1, 0.15) is 60.9 Å². The minimum absolute atomic E-state index is 0.00609. The smallest absolute Gasteiger partial charge is 0.255 e. The van der Waals surface area contributed by atoms with Crippen LogP contribution in [-0.2, 0) is 9.59 Å². The number of likely N-dealkylation sites (tertiary alicyclic amines) is 1. The molecule has 0 bridgehead atoms. The van der Waals surface area contributed by atoms with Gasteiger partial charge in [0, 0.05) is 57.5 Å². The van der Waals surface area contributed by atoms with Gasteiger partial charge in [-0.15, -0.1) is 0 Å². The standard InChI is InChI=1S/C22H32N4O3/c1-17-6-11-23-16-19(17)22(29)26-13-7-18(8-14-26)21(28)25-12-5-3-2-4-10-24-20(27)9-15-25/h6,11,16,18H,2-5,7-10,12-15H2,1H3,(H,24,27). The molecule has 158 valence electrons. The Balaban J connectivity index is 1.55. The quantitative estimate of drug-likeness (QED) is 0.825. The average Bonchev–Trinajstić information content (AvgIpc) is 2.79. The van der Waals surface area contributed by atoms with Gasteiger partial charge < -0.3 is 15.1 Å². The van der Waals surface area contributed by atoms with E-state index in [9.17, 15) is 14.4 Å². The maximum Gasteiger partial charge on any atom is 0.255 e. The molecule has 0 aliphatic carbocycles. The summed E-state index contributed by atoms with van der Waals surface area (Å²) in [6.45, 7) is 5.01. The normalized spacial score (nSPS) is 20.0. The molecule has 0 saturated carbocycles. The average molecular weight is 401 g/mol. The fourth-order valence-corrected chi connectivity index (χ4v) is 4.11. The van der Waals surface area contributed by atoms with Crippen molar-refractivity contribution < 1.29 is 14.4 Å². The van der Waals surface area contributed by atoms with Gasteiger partial charge in [-0.05, 0) is 44.2 Å². The summed E-state index contributed by atoms with van der Waals surface area (Å²) in [4.78, 5) is 45.6. The highest BCUT2D eigenvalue weighted by molar-refractivity contribution is 5.95. The fourth-order valence-electron chi connectivity index (χ4n) is 4.11. The topological polar surface area (TPSA) is 82.6 Å². The summed E-state index contributed by atoms with van der Waals surface area (Å²) in [6.07, 6.45) is 9.16. The van der Waals surface area contributed by atoms with E-state index in [0.29, 0.717) is 44.5 Å². The molecule has 3 amide bonds. The summed E-state index contributed by atoms with van der Waals surface area (Å²) in [7, 11) is 0. The number of amides is 3. The van der Waals surface area contributed by atoms with E-state index in [1.54, 1.807) is 12.4 Å². The third kappa shape index (κ3) is 5.78. The molecule has 7 heteroatoms. The Morgan fingerprint density at radius 3 is 2.55 bits per heavy atom. The zero-order valence-corrected chi connectivity index (χ0v) is 17.4. The number of rotatable bonds is 2. The second-order valence-corrected chi connectivity index (χ2v) is 8.10. The zero-order valence-electron chi connectivity index (χ0n) is 17.4. The van der Waals surface area contributed by atoms with E-state index < -0.39 is 0 Å². The Labute approximate surface area is 172 Å². The van der Waals surface area contributed by atoms with E-state index in [-0.39, 0.29) is 23.6 Å². The molecule has 0 aromatic carbocycles. The summed E-state index contributed by atoms with van der Waals surface area (Å²) < 4.78 is 0. The molecule has 1 aromatic rings. The number of hydrogen-bond acceptors (Lipinski definition) is 4. The van der Waals surface area contributed by atoms with Gasteiger partial charge in [-0.3, -0.25) is 19.4 Å². The van der Waals surface area contributed by atoms with Gasteiger partial charge in [0.05, 0.1) is 5.56 Å². The predicted octanol–water partition coefficient (Wildman–Crippen LogP) is 2.15. The predicted molar refractivity (Wildman–Crippen MR) is 110 cm³/mol. The first kappa shape index (κ1) is 21.3. The SMILES string of the molecule is Cc1ccncc1C(=O)N1CCC(C(=O)N2CCCCCCNC(=O)CC2)CC1. The minimum atomic E-state index is -0.0674. The number of pyridine rings is 1. The van der Waals surface area contributed by atoms with Crippen LogP contribution in [0.25, 0.3) is 0 Å². The molecular weight excluding hydrogens is 368 g/mol. The zero-order chi connectivity index (χ0) is 20.6. The maximum atomic E-state index is 13.1. The lowest BCUT2D eigenvalue weighted by atomic mass is 9.94. The van der Waals surface area contributed by atoms with Crippen LogP contribution in [0.5, 0.6) is 0 Å². The number of nitrogens with one attached hydrogen (secondary N) is 1. The second-order valence-electron chi connectivity index (χ2n) is 8.10. The molecule has 29 heavy (non-hydrogen) atoms. The highest BCUT2D eigenvalue weighted by Crippen LogP contribution is 2.22. The highest BCUT2D eigenvalue weighted by atomic mass is 16.2. The van der Waals surface area contributed by atoms with Crippen LogP contribution in [0, 0.1) is 12.8 Å². The molecule has 1 N–H and O–H groups in total. The lowest BCUT2D eigenvalue weighted by Crippen LogP contribution is -2.45. The third-order valence-electron chi connectivity index (χ3n) is 6.00. The van der Waals surface area contributed by atoms with E-state index in [1.807, 2.05) is 22.8 Å². The molecule has 1 aromatic heterocycles. The lowest BCUT2D eigenvalue weighted by molar-refractivity contribution is -0.137. The first-order valence-corrected chi connectivity index (χ1v) is 10.8. The van der Waals surface area contributed by atoms with Crippen molar-refractivity contribution in [1.29, 1.82) is 0 Å². The second kappa shape index (κ2) is 10.4. The number of hydrogen-bond donors (Lipinski definition) is 1. The van der Waals surface area contributed by atoms with Gasteiger partial charge in [0.2, 0.25) is 11.8 Å². The van der Waals surface area contributed by atoms with Crippen molar-refractivity contribution in [3.63, 3.8) is 0 Å². The number of aryl methyl sites for hydroxylation is 1. The Morgan fingerprint density at radius 1 is 1.03 bits per heavy atom. The Kier molecular flexibility index (Phi) is 7.61. The van der Waals surface area contributed by atoms with Crippen LogP contribution in [0.4, 0.5) is 0 Å². The van der Waals surface area contributed by atoms with Crippen molar-refractivity contribution in [2.45, 2.75) is 51.9 Å². The summed E-state index contributed by atoms with van der Waals surface area (Å²) >= 11 is 0. The van der Waals surface area contributed by atoms with Gasteiger partial charge >= 0.3 is 0 Å². The summed E-state index contributed by atoms with van der Waals surface area (Å²) in [5, 5.41) is 2.93. The van der Waals surface area contributed by atoms with E-state index in [1.165, 1.54) is 0 Å². The molecule has 0 spiro atoms. The fraction of sp³-hybridized carbons (Fsp3) is 0.636. The Morgan fingerprint density at radius 2 is 1.79 bits per heavy atom. The van der Waals surface area contributed by atoms with Crippen LogP contribution >= 0.6 is 0 Å². The number of carbonyl (C=O) groups excluding carboxylic acids is 3. The monoisotopic (exact) mass is 400 g/mol. The molecule has 0 unspecified atom stereocenters. The summed E-state index contributed by atoms with van der Waals surface area (Å²) in [5.41, 5.74) is 1.56. The highest BCUT2D eigenvalue weighted by Gasteiger charge is 2.31. The molecule has 3 heterocycles. The van der Waals surface area contributed by atoms with Gasteiger partial charge in [0.15, 0.2) is 0 Å². The molecule has 0 radical (unpaired) electrons. The van der Waals surface area contributed by atoms with Gasteiger partial charge in [-0.1, -0.05) is 12.8 Å². The number of nitrogens with zero attached hydrogens (tertiary/aromatic N) is 3.